The Kier molecular flexibility index (Phi) is 2.92. The summed E-state index contributed by atoms with van der Waals surface area (Å²) >= 11 is 0. The van der Waals surface area contributed by atoms with E-state index in [4.69, 9.17) is 9.84 Å². The summed E-state index contributed by atoms with van der Waals surface area (Å²) in [6, 6.07) is 10.6. The van der Waals surface area contributed by atoms with Gasteiger partial charge in [0.05, 0.1) is 12.6 Å². The van der Waals surface area contributed by atoms with Crippen molar-refractivity contribution in [1.29, 1.82) is 0 Å². The molecule has 0 amide bonds. The topological polar surface area (TPSA) is 52.0 Å². The molecule has 0 aliphatic carbocycles. The van der Waals surface area contributed by atoms with E-state index in [1.807, 2.05) is 18.2 Å². The summed E-state index contributed by atoms with van der Waals surface area (Å²) in [5.41, 5.74) is 1.07. The van der Waals surface area contributed by atoms with Crippen LogP contribution >= 0.6 is 0 Å². The van der Waals surface area contributed by atoms with Gasteiger partial charge in [-0.3, -0.25) is 0 Å². The molecule has 1 aromatic heterocycles. The lowest BCUT2D eigenvalue weighted by atomic mass is 9.95. The number of benzene rings is 1. The minimum Gasteiger partial charge on any atom is -0.381 e. The van der Waals surface area contributed by atoms with Crippen LogP contribution in [-0.4, -0.2) is 34.5 Å². The summed E-state index contributed by atoms with van der Waals surface area (Å²) in [6.45, 7) is 2.70. The summed E-state index contributed by atoms with van der Waals surface area (Å²) in [5, 5.41) is 8.09. The third kappa shape index (κ3) is 1.98. The van der Waals surface area contributed by atoms with Gasteiger partial charge in [0.25, 0.3) is 0 Å². The third-order valence-corrected chi connectivity index (χ3v) is 4.21. The van der Waals surface area contributed by atoms with Crippen molar-refractivity contribution in [2.45, 2.75) is 18.9 Å². The van der Waals surface area contributed by atoms with Gasteiger partial charge in [0, 0.05) is 24.6 Å². The Bertz CT molecular complexity index is 589. The number of hydrogen-bond acceptors (Lipinski definition) is 4. The molecule has 0 radical (unpaired) electrons. The van der Waals surface area contributed by atoms with Crippen molar-refractivity contribution in [2.24, 2.45) is 5.92 Å². The van der Waals surface area contributed by atoms with Gasteiger partial charge in [-0.25, -0.2) is 4.68 Å². The number of anilines is 1. The number of rotatable bonds is 2. The fourth-order valence-electron chi connectivity index (χ4n) is 3.13. The highest BCUT2D eigenvalue weighted by molar-refractivity contribution is 5.56. The second kappa shape index (κ2) is 4.90. The molecule has 1 fully saturated rings. The van der Waals surface area contributed by atoms with Gasteiger partial charge in [-0.15, -0.1) is 5.10 Å². The van der Waals surface area contributed by atoms with Crippen LogP contribution in [0.4, 0.5) is 5.95 Å². The average molecular weight is 270 g/mol. The van der Waals surface area contributed by atoms with Crippen LogP contribution in [0.25, 0.3) is 11.4 Å². The average Bonchev–Trinajstić information content (AvgIpc) is 3.17. The van der Waals surface area contributed by atoms with Gasteiger partial charge in [-0.1, -0.05) is 30.3 Å². The van der Waals surface area contributed by atoms with E-state index in [2.05, 4.69) is 27.1 Å². The Morgan fingerprint density at radius 3 is 2.90 bits per heavy atom. The van der Waals surface area contributed by atoms with Gasteiger partial charge in [0.15, 0.2) is 5.82 Å². The summed E-state index contributed by atoms with van der Waals surface area (Å²) in [6.07, 6.45) is 2.23. The molecule has 2 aliphatic rings. The number of hydrogen-bond donors (Lipinski definition) is 1. The molecule has 20 heavy (non-hydrogen) atoms. The standard InChI is InChI=1S/C15H18N4O/c1-2-4-11(5-3-1)14-17-15-16-8-6-13(19(15)18-14)12-7-9-20-10-12/h1-5,12-13H,6-10H2,(H,16,17,18). The Hall–Kier alpha value is -1.88. The monoisotopic (exact) mass is 270 g/mol. The van der Waals surface area contributed by atoms with Crippen molar-refractivity contribution in [3.05, 3.63) is 30.3 Å². The molecule has 3 heterocycles. The fraction of sp³-hybridized carbons (Fsp3) is 0.467. The highest BCUT2D eigenvalue weighted by Gasteiger charge is 2.32. The Balaban J connectivity index is 1.70. The summed E-state index contributed by atoms with van der Waals surface area (Å²) in [7, 11) is 0. The Labute approximate surface area is 118 Å². The predicted molar refractivity (Wildman–Crippen MR) is 76.5 cm³/mol. The summed E-state index contributed by atoms with van der Waals surface area (Å²) in [4.78, 5) is 4.64. The molecule has 0 saturated carbocycles. The maximum atomic E-state index is 5.53. The van der Waals surface area contributed by atoms with E-state index in [9.17, 15) is 0 Å². The number of nitrogens with zero attached hydrogens (tertiary/aromatic N) is 3. The van der Waals surface area contributed by atoms with E-state index in [1.54, 1.807) is 0 Å². The fourth-order valence-corrected chi connectivity index (χ4v) is 3.13. The molecule has 1 saturated heterocycles. The van der Waals surface area contributed by atoms with Crippen molar-refractivity contribution < 1.29 is 4.74 Å². The lowest BCUT2D eigenvalue weighted by molar-refractivity contribution is 0.167. The first-order valence-electron chi connectivity index (χ1n) is 7.25. The van der Waals surface area contributed by atoms with E-state index in [0.717, 1.165) is 49.9 Å². The quantitative estimate of drug-likeness (QED) is 0.910. The van der Waals surface area contributed by atoms with Crippen LogP contribution < -0.4 is 5.32 Å². The first-order chi connectivity index (χ1) is 9.92. The van der Waals surface area contributed by atoms with Crippen LogP contribution in [0.5, 0.6) is 0 Å². The second-order valence-electron chi connectivity index (χ2n) is 5.48. The maximum absolute atomic E-state index is 5.53. The maximum Gasteiger partial charge on any atom is 0.221 e. The first kappa shape index (κ1) is 11.9. The number of nitrogens with one attached hydrogen (secondary N) is 1. The highest BCUT2D eigenvalue weighted by atomic mass is 16.5. The van der Waals surface area contributed by atoms with Gasteiger partial charge >= 0.3 is 0 Å². The van der Waals surface area contributed by atoms with Crippen molar-refractivity contribution in [3.8, 4) is 11.4 Å². The van der Waals surface area contributed by atoms with E-state index < -0.39 is 0 Å². The van der Waals surface area contributed by atoms with Crippen LogP contribution in [-0.2, 0) is 4.74 Å². The van der Waals surface area contributed by atoms with Crippen molar-refractivity contribution in [2.75, 3.05) is 25.1 Å². The Morgan fingerprint density at radius 2 is 2.10 bits per heavy atom. The largest absolute Gasteiger partial charge is 0.381 e. The van der Waals surface area contributed by atoms with Crippen LogP contribution in [0.15, 0.2) is 30.3 Å². The molecule has 0 spiro atoms. The molecule has 2 unspecified atom stereocenters. The molecule has 0 bridgehead atoms. The first-order valence-corrected chi connectivity index (χ1v) is 7.25. The lowest BCUT2D eigenvalue weighted by Crippen LogP contribution is -2.29. The molecule has 1 N–H and O–H groups in total. The third-order valence-electron chi connectivity index (χ3n) is 4.21. The van der Waals surface area contributed by atoms with Gasteiger partial charge in [0.2, 0.25) is 5.95 Å². The molecule has 4 rings (SSSR count). The minimum atomic E-state index is 0.415. The van der Waals surface area contributed by atoms with Crippen LogP contribution in [0.3, 0.4) is 0 Å². The van der Waals surface area contributed by atoms with Gasteiger partial charge in [-0.2, -0.15) is 4.98 Å². The van der Waals surface area contributed by atoms with Gasteiger partial charge in [-0.05, 0) is 12.8 Å². The molecular formula is C15H18N4O. The SMILES string of the molecule is c1ccc(-c2nc3n(n2)C(C2CCOC2)CCN3)cc1. The van der Waals surface area contributed by atoms with Crippen molar-refractivity contribution in [3.63, 3.8) is 0 Å². The molecular weight excluding hydrogens is 252 g/mol. The van der Waals surface area contributed by atoms with E-state index >= 15 is 0 Å². The summed E-state index contributed by atoms with van der Waals surface area (Å²) in [5.74, 6) is 2.27. The second-order valence-corrected chi connectivity index (χ2v) is 5.48. The van der Waals surface area contributed by atoms with E-state index in [-0.39, 0.29) is 0 Å². The zero-order valence-electron chi connectivity index (χ0n) is 11.3. The van der Waals surface area contributed by atoms with Gasteiger partial charge < -0.3 is 10.1 Å². The molecule has 5 heteroatoms. The molecule has 2 aromatic rings. The molecule has 2 atom stereocenters. The summed E-state index contributed by atoms with van der Waals surface area (Å²) < 4.78 is 7.61. The number of fused-ring (bicyclic) bond motifs is 1. The van der Waals surface area contributed by atoms with Crippen LogP contribution in [0, 0.1) is 5.92 Å². The molecule has 5 nitrogen and oxygen atoms in total. The number of aromatic nitrogens is 3. The number of ether oxygens (including phenoxy) is 1. The predicted octanol–water partition coefficient (Wildman–Crippen LogP) is 2.34. The zero-order chi connectivity index (χ0) is 13.4. The highest BCUT2D eigenvalue weighted by Crippen LogP contribution is 2.34. The van der Waals surface area contributed by atoms with Crippen LogP contribution in [0.1, 0.15) is 18.9 Å². The molecule has 2 aliphatic heterocycles. The Morgan fingerprint density at radius 1 is 1.20 bits per heavy atom. The normalized spacial score (nSPS) is 25.2. The van der Waals surface area contributed by atoms with E-state index in [0.29, 0.717) is 12.0 Å². The molecule has 104 valence electrons. The van der Waals surface area contributed by atoms with Crippen molar-refractivity contribution >= 4 is 5.95 Å². The van der Waals surface area contributed by atoms with Gasteiger partial charge in [0.1, 0.15) is 0 Å². The van der Waals surface area contributed by atoms with Crippen molar-refractivity contribution in [1.82, 2.24) is 14.8 Å². The minimum absolute atomic E-state index is 0.415. The lowest BCUT2D eigenvalue weighted by Gasteiger charge is -2.28. The molecule has 1 aromatic carbocycles. The van der Waals surface area contributed by atoms with Crippen LogP contribution in [0.2, 0.25) is 0 Å². The zero-order valence-corrected chi connectivity index (χ0v) is 11.3. The smallest absolute Gasteiger partial charge is 0.221 e. The van der Waals surface area contributed by atoms with E-state index in [1.165, 1.54) is 0 Å².